The number of carbonyl (C=O) groups excluding carboxylic acids is 1. The normalized spacial score (nSPS) is 16.4. The first-order valence-corrected chi connectivity index (χ1v) is 10.2. The van der Waals surface area contributed by atoms with Crippen LogP contribution in [-0.4, -0.2) is 70.2 Å². The van der Waals surface area contributed by atoms with Crippen molar-refractivity contribution in [2.75, 3.05) is 20.4 Å². The number of likely N-dealkylation sites (N-methyl/N-ethyl adjacent to an activating group) is 1. The van der Waals surface area contributed by atoms with Crippen LogP contribution in [0.15, 0.2) is 30.3 Å². The summed E-state index contributed by atoms with van der Waals surface area (Å²) in [7, 11) is -0.126. The lowest BCUT2D eigenvalue weighted by atomic mass is 10.0. The third-order valence-electron chi connectivity index (χ3n) is 4.39. The molecule has 28 heavy (non-hydrogen) atoms. The van der Waals surface area contributed by atoms with E-state index in [-0.39, 0.29) is 18.9 Å². The van der Waals surface area contributed by atoms with Crippen LogP contribution >= 0.6 is 0 Å². The Bertz CT molecular complexity index is 929. The van der Waals surface area contributed by atoms with Crippen molar-refractivity contribution in [1.29, 1.82) is 0 Å². The average Bonchev–Trinajstić information content (AvgIpc) is 3.02. The molecule has 1 N–H and O–H groups in total. The Kier molecular flexibility index (Phi) is 6.86. The van der Waals surface area contributed by atoms with Gasteiger partial charge in [0.15, 0.2) is 5.82 Å². The summed E-state index contributed by atoms with van der Waals surface area (Å²) in [6.07, 6.45) is 1.64. The van der Waals surface area contributed by atoms with Gasteiger partial charge in [-0.3, -0.25) is 14.2 Å². The smallest absolute Gasteiger partial charge is 0.290 e. The summed E-state index contributed by atoms with van der Waals surface area (Å²) >= 11 is 0. The van der Waals surface area contributed by atoms with E-state index >= 15 is 0 Å². The molecule has 0 saturated heterocycles. The van der Waals surface area contributed by atoms with E-state index < -0.39 is 16.1 Å². The number of hydrogen-bond donors (Lipinski definition) is 1. The molecule has 1 atom stereocenters. The van der Waals surface area contributed by atoms with Crippen molar-refractivity contribution in [1.82, 2.24) is 24.0 Å². The number of sulfonamides is 1. The van der Waals surface area contributed by atoms with Gasteiger partial charge in [0.1, 0.15) is 11.9 Å². The predicted molar refractivity (Wildman–Crippen MR) is 101 cm³/mol. The second-order valence-electron chi connectivity index (χ2n) is 6.43. The highest BCUT2D eigenvalue weighted by Gasteiger charge is 2.35. The number of amides is 1. The highest BCUT2D eigenvalue weighted by atomic mass is 32.2. The molecule has 0 radical (unpaired) electrons. The summed E-state index contributed by atoms with van der Waals surface area (Å²) < 4.78 is 26.4. The Labute approximate surface area is 163 Å². The van der Waals surface area contributed by atoms with E-state index in [0.717, 1.165) is 11.8 Å². The molecule has 0 fully saturated rings. The average molecular weight is 409 g/mol. The molecule has 3 rings (SSSR count). The number of carboxylic acid groups (broad SMARTS) is 1. The predicted octanol–water partition coefficient (Wildman–Crippen LogP) is 0.126. The molecule has 2 heterocycles. The van der Waals surface area contributed by atoms with Crippen LogP contribution in [0.1, 0.15) is 23.3 Å². The van der Waals surface area contributed by atoms with Crippen molar-refractivity contribution in [3.05, 3.63) is 47.5 Å². The van der Waals surface area contributed by atoms with E-state index in [1.54, 1.807) is 16.5 Å². The summed E-state index contributed by atoms with van der Waals surface area (Å²) in [5, 5.41) is 15.2. The summed E-state index contributed by atoms with van der Waals surface area (Å²) in [4.78, 5) is 22.7. The fraction of sp³-hybridized carbons (Fsp3) is 0.412. The highest BCUT2D eigenvalue weighted by molar-refractivity contribution is 7.88. The minimum Gasteiger partial charge on any atom is -0.483 e. The van der Waals surface area contributed by atoms with Crippen LogP contribution in [0.2, 0.25) is 0 Å². The number of benzene rings is 1. The minimum atomic E-state index is -3.35. The molecule has 152 valence electrons. The molecule has 2 aromatic rings. The van der Waals surface area contributed by atoms with Crippen molar-refractivity contribution >= 4 is 22.4 Å². The van der Waals surface area contributed by atoms with Crippen LogP contribution < -0.4 is 0 Å². The van der Waals surface area contributed by atoms with Crippen LogP contribution in [0.5, 0.6) is 0 Å². The molecule has 0 unspecified atom stereocenters. The van der Waals surface area contributed by atoms with Crippen LogP contribution in [0.4, 0.5) is 0 Å². The van der Waals surface area contributed by atoms with Gasteiger partial charge >= 0.3 is 0 Å². The lowest BCUT2D eigenvalue weighted by molar-refractivity contribution is -0.136. The summed E-state index contributed by atoms with van der Waals surface area (Å²) in [5.74, 6) is 1.12. The summed E-state index contributed by atoms with van der Waals surface area (Å²) in [6, 6.07) is 9.24. The molecule has 1 aromatic carbocycles. The van der Waals surface area contributed by atoms with E-state index in [1.807, 2.05) is 30.3 Å². The third kappa shape index (κ3) is 4.93. The molecular weight excluding hydrogens is 386 g/mol. The molecule has 11 heteroatoms. The van der Waals surface area contributed by atoms with Crippen LogP contribution in [0.3, 0.4) is 0 Å². The summed E-state index contributed by atoms with van der Waals surface area (Å²) in [6.45, 7) is 0.188. The maximum atomic E-state index is 12.7. The molecular formula is C17H23N5O5S. The second kappa shape index (κ2) is 8.93. The molecule has 1 aliphatic rings. The zero-order valence-corrected chi connectivity index (χ0v) is 16.7. The summed E-state index contributed by atoms with van der Waals surface area (Å²) in [5.41, 5.74) is 1.03. The highest BCUT2D eigenvalue weighted by Crippen LogP contribution is 2.26. The van der Waals surface area contributed by atoms with Crippen LogP contribution in [0, 0.1) is 0 Å². The van der Waals surface area contributed by atoms with Gasteiger partial charge in [-0.2, -0.15) is 4.31 Å². The largest absolute Gasteiger partial charge is 0.483 e. The number of aromatic nitrogens is 3. The Morgan fingerprint density at radius 1 is 1.29 bits per heavy atom. The topological polar surface area (TPSA) is 126 Å². The van der Waals surface area contributed by atoms with Gasteiger partial charge in [0.05, 0.1) is 19.3 Å². The molecule has 0 saturated carbocycles. The van der Waals surface area contributed by atoms with Crippen LogP contribution in [-0.2, 0) is 39.1 Å². The van der Waals surface area contributed by atoms with Gasteiger partial charge in [-0.05, 0) is 5.56 Å². The zero-order valence-electron chi connectivity index (χ0n) is 15.9. The van der Waals surface area contributed by atoms with Gasteiger partial charge in [0, 0.05) is 20.5 Å². The van der Waals surface area contributed by atoms with Crippen molar-refractivity contribution in [2.24, 2.45) is 0 Å². The van der Waals surface area contributed by atoms with Gasteiger partial charge in [0.2, 0.25) is 15.9 Å². The molecule has 0 bridgehead atoms. The van der Waals surface area contributed by atoms with Crippen molar-refractivity contribution in [3.8, 4) is 0 Å². The van der Waals surface area contributed by atoms with E-state index in [2.05, 4.69) is 10.2 Å². The quantitative estimate of drug-likeness (QED) is 0.696. The minimum absolute atomic E-state index is 0.0283. The van der Waals surface area contributed by atoms with E-state index in [1.165, 1.54) is 11.4 Å². The first-order valence-electron chi connectivity index (χ1n) is 8.39. The zero-order chi connectivity index (χ0) is 20.9. The van der Waals surface area contributed by atoms with E-state index in [0.29, 0.717) is 24.6 Å². The molecule has 0 aliphatic carbocycles. The monoisotopic (exact) mass is 409 g/mol. The van der Waals surface area contributed by atoms with E-state index in [9.17, 15) is 13.2 Å². The molecule has 1 aromatic heterocycles. The first-order chi connectivity index (χ1) is 13.2. The molecule has 1 amide bonds. The number of hydrogen-bond acceptors (Lipinski definition) is 6. The SMILES string of the molecule is CN1Cc2nnc(CN(C)S(C)(=O)=O)n2[C@H](Cc2ccccc2)C1=O.O=CO. The molecule has 1 aliphatic heterocycles. The van der Waals surface area contributed by atoms with Crippen LogP contribution in [0.25, 0.3) is 0 Å². The molecule has 10 nitrogen and oxygen atoms in total. The van der Waals surface area contributed by atoms with Crippen molar-refractivity contribution in [3.63, 3.8) is 0 Å². The Morgan fingerprint density at radius 2 is 1.89 bits per heavy atom. The van der Waals surface area contributed by atoms with E-state index in [4.69, 9.17) is 9.90 Å². The number of nitrogens with zero attached hydrogens (tertiary/aromatic N) is 5. The maximum Gasteiger partial charge on any atom is 0.290 e. The van der Waals surface area contributed by atoms with Gasteiger partial charge in [0.25, 0.3) is 6.47 Å². The lowest BCUT2D eigenvalue weighted by Gasteiger charge is -2.32. The van der Waals surface area contributed by atoms with Crippen molar-refractivity contribution < 1.29 is 23.1 Å². The number of carbonyl (C=O) groups is 2. The van der Waals surface area contributed by atoms with Crippen molar-refractivity contribution in [2.45, 2.75) is 25.6 Å². The molecule has 0 spiro atoms. The fourth-order valence-electron chi connectivity index (χ4n) is 2.92. The van der Waals surface area contributed by atoms with Gasteiger partial charge in [-0.25, -0.2) is 8.42 Å². The first kappa shape index (κ1) is 21.5. The number of fused-ring (bicyclic) bond motifs is 1. The maximum absolute atomic E-state index is 12.7. The second-order valence-corrected chi connectivity index (χ2v) is 8.52. The van der Waals surface area contributed by atoms with Gasteiger partial charge < -0.3 is 10.0 Å². The Morgan fingerprint density at radius 3 is 2.46 bits per heavy atom. The Balaban J connectivity index is 0.000000878. The number of rotatable bonds is 5. The Hall–Kier alpha value is -2.79. The fourth-order valence-corrected chi connectivity index (χ4v) is 3.27. The van der Waals surface area contributed by atoms with Gasteiger partial charge in [-0.15, -0.1) is 10.2 Å². The lowest BCUT2D eigenvalue weighted by Crippen LogP contribution is -2.42. The third-order valence-corrected chi connectivity index (χ3v) is 5.65. The van der Waals surface area contributed by atoms with Gasteiger partial charge in [-0.1, -0.05) is 30.3 Å². The standard InChI is InChI=1S/C16H21N5O3S.CH2O2/c1-19-10-14-17-18-15(11-20(2)25(3,23)24)21(14)13(16(19)22)9-12-7-5-4-6-8-12;2-1-3/h4-8,13H,9-11H2,1-3H3;1H,(H,2,3)/t13-;/m1./s1.